The molecule has 0 aliphatic carbocycles. The summed E-state index contributed by atoms with van der Waals surface area (Å²) in [7, 11) is 3.04. The molecule has 1 rings (SSSR count). The van der Waals surface area contributed by atoms with Crippen molar-refractivity contribution in [3.63, 3.8) is 0 Å². The van der Waals surface area contributed by atoms with Crippen LogP contribution < -0.4 is 5.32 Å². The number of rotatable bonds is 7. The molecular weight excluding hydrogens is 268 g/mol. The number of carbonyl (C=O) groups excluding carboxylic acids is 2. The second-order valence-corrected chi connectivity index (χ2v) is 5.08. The molecule has 0 fully saturated rings. The Morgan fingerprint density at radius 1 is 1.33 bits per heavy atom. The highest BCUT2D eigenvalue weighted by molar-refractivity contribution is 5.99. The van der Waals surface area contributed by atoms with Gasteiger partial charge in [-0.2, -0.15) is 0 Å². The minimum atomic E-state index is -0.347. The lowest BCUT2D eigenvalue weighted by molar-refractivity contribution is -0.145. The zero-order valence-corrected chi connectivity index (χ0v) is 13.2. The molecule has 0 spiro atoms. The van der Waals surface area contributed by atoms with Crippen LogP contribution in [0.15, 0.2) is 24.3 Å². The van der Waals surface area contributed by atoms with E-state index in [1.807, 2.05) is 18.2 Å². The highest BCUT2D eigenvalue weighted by atomic mass is 16.5. The van der Waals surface area contributed by atoms with E-state index in [1.165, 1.54) is 7.11 Å². The fourth-order valence-electron chi connectivity index (χ4n) is 2.06. The molecule has 0 aliphatic rings. The molecule has 0 saturated heterocycles. The number of carbonyl (C=O) groups is 2. The van der Waals surface area contributed by atoms with Crippen LogP contribution in [-0.2, 0) is 9.53 Å². The highest BCUT2D eigenvalue weighted by Crippen LogP contribution is 2.17. The number of nitrogens with one attached hydrogen (secondary N) is 1. The van der Waals surface area contributed by atoms with Crippen molar-refractivity contribution in [2.75, 3.05) is 32.6 Å². The monoisotopic (exact) mass is 292 g/mol. The molecule has 1 aromatic rings. The van der Waals surface area contributed by atoms with E-state index in [4.69, 9.17) is 0 Å². The van der Waals surface area contributed by atoms with Gasteiger partial charge >= 0.3 is 5.97 Å². The van der Waals surface area contributed by atoms with Gasteiger partial charge in [0.25, 0.3) is 5.91 Å². The van der Waals surface area contributed by atoms with Gasteiger partial charge in [0.2, 0.25) is 0 Å². The van der Waals surface area contributed by atoms with Gasteiger partial charge in [0, 0.05) is 25.8 Å². The second-order valence-electron chi connectivity index (χ2n) is 5.08. The second kappa shape index (κ2) is 8.29. The van der Waals surface area contributed by atoms with Gasteiger partial charge in [-0.1, -0.05) is 26.0 Å². The van der Waals surface area contributed by atoms with E-state index in [9.17, 15) is 9.59 Å². The standard InChI is InChI=1S/C16H24N2O3/c1-5-10-17-14-9-7-6-8-13(14)15(19)18(3)11-12(2)16(20)21-4/h6-9,12,17H,5,10-11H2,1-4H3. The fraction of sp³-hybridized carbons (Fsp3) is 0.500. The van der Waals surface area contributed by atoms with E-state index < -0.39 is 0 Å². The van der Waals surface area contributed by atoms with Crippen molar-refractivity contribution in [3.05, 3.63) is 29.8 Å². The van der Waals surface area contributed by atoms with Crippen molar-refractivity contribution in [1.82, 2.24) is 4.90 Å². The Bertz CT molecular complexity index is 488. The third-order valence-electron chi connectivity index (χ3n) is 3.22. The van der Waals surface area contributed by atoms with Crippen LogP contribution in [0.2, 0.25) is 0 Å². The Morgan fingerprint density at radius 2 is 2.00 bits per heavy atom. The molecule has 0 aromatic heterocycles. The SMILES string of the molecule is CCCNc1ccccc1C(=O)N(C)CC(C)C(=O)OC. The summed E-state index contributed by atoms with van der Waals surface area (Å²) in [5.74, 6) is -0.767. The van der Waals surface area contributed by atoms with Crippen molar-refractivity contribution in [3.8, 4) is 0 Å². The molecule has 5 nitrogen and oxygen atoms in total. The maximum atomic E-state index is 12.5. The molecule has 21 heavy (non-hydrogen) atoms. The summed E-state index contributed by atoms with van der Waals surface area (Å²) in [6, 6.07) is 7.41. The first-order valence-corrected chi connectivity index (χ1v) is 7.17. The Balaban J connectivity index is 2.80. The van der Waals surface area contributed by atoms with Crippen LogP contribution in [0, 0.1) is 5.92 Å². The van der Waals surface area contributed by atoms with Gasteiger partial charge in [0.1, 0.15) is 0 Å². The average molecular weight is 292 g/mol. The van der Waals surface area contributed by atoms with Gasteiger partial charge < -0.3 is 15.0 Å². The van der Waals surface area contributed by atoms with Crippen molar-refractivity contribution in [1.29, 1.82) is 0 Å². The predicted molar refractivity (Wildman–Crippen MR) is 83.4 cm³/mol. The molecule has 1 amide bonds. The molecule has 0 radical (unpaired) electrons. The molecule has 0 heterocycles. The minimum Gasteiger partial charge on any atom is -0.469 e. The van der Waals surface area contributed by atoms with Gasteiger partial charge in [0.05, 0.1) is 18.6 Å². The van der Waals surface area contributed by atoms with Crippen LogP contribution in [0.5, 0.6) is 0 Å². The van der Waals surface area contributed by atoms with E-state index >= 15 is 0 Å². The van der Waals surface area contributed by atoms with E-state index in [1.54, 1.807) is 24.9 Å². The number of hydrogen-bond acceptors (Lipinski definition) is 4. The quantitative estimate of drug-likeness (QED) is 0.784. The van der Waals surface area contributed by atoms with Crippen molar-refractivity contribution >= 4 is 17.6 Å². The number of anilines is 1. The molecule has 0 saturated carbocycles. The molecule has 1 N–H and O–H groups in total. The lowest BCUT2D eigenvalue weighted by Crippen LogP contribution is -2.34. The lowest BCUT2D eigenvalue weighted by atomic mass is 10.1. The molecule has 1 atom stereocenters. The number of para-hydroxylation sites is 1. The molecule has 5 heteroatoms. The number of benzene rings is 1. The van der Waals surface area contributed by atoms with Gasteiger partial charge in [-0.3, -0.25) is 9.59 Å². The summed E-state index contributed by atoms with van der Waals surface area (Å²) >= 11 is 0. The van der Waals surface area contributed by atoms with E-state index in [0.29, 0.717) is 12.1 Å². The first kappa shape index (κ1) is 17.0. The minimum absolute atomic E-state index is 0.107. The molecule has 116 valence electrons. The van der Waals surface area contributed by atoms with Crippen LogP contribution in [-0.4, -0.2) is 44.0 Å². The number of amides is 1. The van der Waals surface area contributed by atoms with Crippen LogP contribution in [0.3, 0.4) is 0 Å². The maximum Gasteiger partial charge on any atom is 0.310 e. The Hall–Kier alpha value is -2.04. The van der Waals surface area contributed by atoms with Crippen LogP contribution in [0.25, 0.3) is 0 Å². The summed E-state index contributed by atoms with van der Waals surface area (Å²) < 4.78 is 4.69. The summed E-state index contributed by atoms with van der Waals surface area (Å²) in [4.78, 5) is 25.5. The molecule has 0 aliphatic heterocycles. The Kier molecular flexibility index (Phi) is 6.72. The summed E-state index contributed by atoms with van der Waals surface area (Å²) in [5, 5.41) is 3.25. The number of esters is 1. The van der Waals surface area contributed by atoms with Crippen molar-refractivity contribution < 1.29 is 14.3 Å². The molecular formula is C16H24N2O3. The van der Waals surface area contributed by atoms with E-state index in [-0.39, 0.29) is 17.8 Å². The fourth-order valence-corrected chi connectivity index (χ4v) is 2.06. The maximum absolute atomic E-state index is 12.5. The normalized spacial score (nSPS) is 11.6. The van der Waals surface area contributed by atoms with E-state index in [0.717, 1.165) is 18.7 Å². The predicted octanol–water partition coefficient (Wildman–Crippen LogP) is 2.39. The number of ether oxygens (including phenoxy) is 1. The number of hydrogen-bond donors (Lipinski definition) is 1. The Morgan fingerprint density at radius 3 is 2.62 bits per heavy atom. The van der Waals surface area contributed by atoms with Gasteiger partial charge in [-0.25, -0.2) is 0 Å². The molecule has 1 aromatic carbocycles. The largest absolute Gasteiger partial charge is 0.469 e. The highest BCUT2D eigenvalue weighted by Gasteiger charge is 2.21. The smallest absolute Gasteiger partial charge is 0.310 e. The zero-order valence-electron chi connectivity index (χ0n) is 13.2. The summed E-state index contributed by atoms with van der Waals surface area (Å²) in [5.41, 5.74) is 1.44. The first-order chi connectivity index (χ1) is 10.0. The van der Waals surface area contributed by atoms with Gasteiger partial charge in [0.15, 0.2) is 0 Å². The lowest BCUT2D eigenvalue weighted by Gasteiger charge is -2.22. The van der Waals surface area contributed by atoms with Gasteiger partial charge in [-0.15, -0.1) is 0 Å². The summed E-state index contributed by atoms with van der Waals surface area (Å²) in [6.07, 6.45) is 0.984. The van der Waals surface area contributed by atoms with Gasteiger partial charge in [-0.05, 0) is 18.6 Å². The van der Waals surface area contributed by atoms with Crippen molar-refractivity contribution in [2.24, 2.45) is 5.92 Å². The third-order valence-corrected chi connectivity index (χ3v) is 3.22. The van der Waals surface area contributed by atoms with Crippen molar-refractivity contribution in [2.45, 2.75) is 20.3 Å². The third kappa shape index (κ3) is 4.77. The van der Waals surface area contributed by atoms with Crippen LogP contribution >= 0.6 is 0 Å². The van der Waals surface area contributed by atoms with Crippen LogP contribution in [0.4, 0.5) is 5.69 Å². The molecule has 1 unspecified atom stereocenters. The molecule has 0 bridgehead atoms. The first-order valence-electron chi connectivity index (χ1n) is 7.17. The van der Waals surface area contributed by atoms with Crippen LogP contribution in [0.1, 0.15) is 30.6 Å². The topological polar surface area (TPSA) is 58.6 Å². The number of nitrogens with zero attached hydrogens (tertiary/aromatic N) is 1. The van der Waals surface area contributed by atoms with E-state index in [2.05, 4.69) is 17.0 Å². The average Bonchev–Trinajstić information content (AvgIpc) is 2.51. The zero-order chi connectivity index (χ0) is 15.8. The number of methoxy groups -OCH3 is 1. The summed E-state index contributed by atoms with van der Waals surface area (Å²) in [6.45, 7) is 4.96. The Labute approximate surface area is 126 Å².